The molecule has 0 aliphatic carbocycles. The fraction of sp³-hybridized carbons (Fsp3) is 0.400. The Morgan fingerprint density at radius 2 is 1.71 bits per heavy atom. The number of allylic oxidation sites excluding steroid dienone is 2. The topological polar surface area (TPSA) is 46.6 Å². The van der Waals surface area contributed by atoms with Crippen LogP contribution in [0.5, 0.6) is 0 Å². The summed E-state index contributed by atoms with van der Waals surface area (Å²) < 4.78 is 5.19. The van der Waals surface area contributed by atoms with Crippen LogP contribution in [0.1, 0.15) is 39.3 Å². The molecule has 24 heavy (non-hydrogen) atoms. The van der Waals surface area contributed by atoms with Crippen molar-refractivity contribution in [2.75, 3.05) is 13.2 Å². The highest BCUT2D eigenvalue weighted by Gasteiger charge is 2.22. The van der Waals surface area contributed by atoms with Crippen LogP contribution in [0.15, 0.2) is 54.6 Å². The molecule has 4 nitrogen and oxygen atoms in total. The summed E-state index contributed by atoms with van der Waals surface area (Å²) in [7, 11) is 0. The van der Waals surface area contributed by atoms with Crippen LogP contribution < -0.4 is 0 Å². The third-order valence-corrected chi connectivity index (χ3v) is 3.66. The Kier molecular flexibility index (Phi) is 8.55. The van der Waals surface area contributed by atoms with E-state index >= 15 is 0 Å². The van der Waals surface area contributed by atoms with Crippen LogP contribution in [0, 0.1) is 5.92 Å². The Bertz CT molecular complexity index is 578. The maximum absolute atomic E-state index is 12.5. The summed E-state index contributed by atoms with van der Waals surface area (Å²) in [5.41, 5.74) is 1.08. The Morgan fingerprint density at radius 1 is 1.08 bits per heavy atom. The molecule has 0 fully saturated rings. The van der Waals surface area contributed by atoms with Crippen LogP contribution in [0.25, 0.3) is 0 Å². The minimum atomic E-state index is -0.355. The van der Waals surface area contributed by atoms with Gasteiger partial charge in [-0.25, -0.2) is 4.79 Å². The van der Waals surface area contributed by atoms with Gasteiger partial charge in [-0.05, 0) is 32.4 Å². The molecule has 0 aromatic heterocycles. The molecular formula is C20H27NO3. The molecule has 0 radical (unpaired) electrons. The molecular weight excluding hydrogens is 302 g/mol. The van der Waals surface area contributed by atoms with E-state index in [0.29, 0.717) is 6.54 Å². The molecule has 4 heteroatoms. The number of benzene rings is 1. The first kappa shape index (κ1) is 19.7. The smallest absolute Gasteiger partial charge is 0.330 e. The van der Waals surface area contributed by atoms with Crippen molar-refractivity contribution in [3.8, 4) is 0 Å². The van der Waals surface area contributed by atoms with Gasteiger partial charge in [0, 0.05) is 18.5 Å². The lowest BCUT2D eigenvalue weighted by Gasteiger charge is -2.31. The van der Waals surface area contributed by atoms with Gasteiger partial charge < -0.3 is 9.64 Å². The monoisotopic (exact) mass is 329 g/mol. The van der Waals surface area contributed by atoms with Gasteiger partial charge in [-0.1, -0.05) is 49.4 Å². The van der Waals surface area contributed by atoms with Gasteiger partial charge in [0.05, 0.1) is 12.6 Å². The van der Waals surface area contributed by atoms with Crippen molar-refractivity contribution in [2.24, 2.45) is 5.92 Å². The van der Waals surface area contributed by atoms with Gasteiger partial charge in [0.2, 0.25) is 5.91 Å². The van der Waals surface area contributed by atoms with Crippen LogP contribution in [0.3, 0.4) is 0 Å². The fourth-order valence-corrected chi connectivity index (χ4v) is 2.39. The van der Waals surface area contributed by atoms with Crippen LogP contribution >= 0.6 is 0 Å². The third-order valence-electron chi connectivity index (χ3n) is 3.66. The Morgan fingerprint density at radius 3 is 2.29 bits per heavy atom. The molecule has 0 bridgehead atoms. The first-order chi connectivity index (χ1) is 11.5. The highest BCUT2D eigenvalue weighted by atomic mass is 16.5. The molecule has 0 saturated carbocycles. The van der Waals surface area contributed by atoms with Gasteiger partial charge >= 0.3 is 5.97 Å². The molecule has 1 aromatic rings. The van der Waals surface area contributed by atoms with E-state index in [1.165, 1.54) is 6.08 Å². The average Bonchev–Trinajstić information content (AvgIpc) is 2.58. The van der Waals surface area contributed by atoms with Crippen molar-refractivity contribution < 1.29 is 14.3 Å². The molecule has 1 rings (SSSR count). The fourth-order valence-electron chi connectivity index (χ4n) is 2.39. The molecule has 130 valence electrons. The maximum Gasteiger partial charge on any atom is 0.330 e. The number of ether oxygens (including phenoxy) is 1. The molecule has 1 aromatic carbocycles. The van der Waals surface area contributed by atoms with E-state index in [9.17, 15) is 9.59 Å². The number of nitrogens with zero attached hydrogens (tertiary/aromatic N) is 1. The normalized spacial score (nSPS) is 13.8. The van der Waals surface area contributed by atoms with Crippen LogP contribution in [0.2, 0.25) is 0 Å². The minimum absolute atomic E-state index is 0.0412. The zero-order valence-electron chi connectivity index (χ0n) is 14.9. The highest BCUT2D eigenvalue weighted by Crippen LogP contribution is 2.21. The number of carbonyl (C=O) groups excluding carboxylic acids is 2. The molecule has 0 unspecified atom stereocenters. The molecule has 0 aliphatic rings. The summed E-state index contributed by atoms with van der Waals surface area (Å²) in [6.07, 6.45) is 6.34. The van der Waals surface area contributed by atoms with Crippen molar-refractivity contribution in [3.05, 3.63) is 60.2 Å². The number of carbonyl (C=O) groups is 2. The van der Waals surface area contributed by atoms with E-state index in [1.54, 1.807) is 25.2 Å². The summed E-state index contributed by atoms with van der Waals surface area (Å²) >= 11 is 0. The van der Waals surface area contributed by atoms with E-state index in [-0.39, 0.29) is 30.4 Å². The zero-order valence-corrected chi connectivity index (χ0v) is 14.9. The third kappa shape index (κ3) is 6.41. The first-order valence-corrected chi connectivity index (χ1v) is 8.27. The van der Waals surface area contributed by atoms with Crippen LogP contribution in [-0.2, 0) is 14.3 Å². The second kappa shape index (κ2) is 10.4. The number of esters is 1. The number of rotatable bonds is 8. The second-order valence-electron chi connectivity index (χ2n) is 5.81. The molecule has 0 heterocycles. The molecule has 0 N–H and O–H groups in total. The van der Waals surface area contributed by atoms with Gasteiger partial charge in [-0.3, -0.25) is 4.79 Å². The summed E-state index contributed by atoms with van der Waals surface area (Å²) in [5, 5.41) is 0. The second-order valence-corrected chi connectivity index (χ2v) is 5.81. The number of amides is 1. The lowest BCUT2D eigenvalue weighted by molar-refractivity contribution is -0.139. The standard InChI is InChI=1S/C20H27NO3/c1-5-10-19(22)21(17(4)18-12-8-7-9-13-18)14-16(3)15-24-20(23)11-6-2/h5-13,16-17H,14-15H2,1-4H3/b10-5+,11-6+/t16-,17+/m1/s1. The van der Waals surface area contributed by atoms with Gasteiger partial charge in [0.25, 0.3) is 0 Å². The van der Waals surface area contributed by atoms with E-state index in [1.807, 2.05) is 56.0 Å². The van der Waals surface area contributed by atoms with E-state index < -0.39 is 0 Å². The maximum atomic E-state index is 12.5. The largest absolute Gasteiger partial charge is 0.462 e. The number of hydrogen-bond acceptors (Lipinski definition) is 3. The highest BCUT2D eigenvalue weighted by molar-refractivity contribution is 5.87. The summed E-state index contributed by atoms with van der Waals surface area (Å²) in [6.45, 7) is 8.37. The molecule has 2 atom stereocenters. The summed E-state index contributed by atoms with van der Waals surface area (Å²) in [6, 6.07) is 9.86. The van der Waals surface area contributed by atoms with Gasteiger partial charge in [-0.2, -0.15) is 0 Å². The van der Waals surface area contributed by atoms with Gasteiger partial charge in [-0.15, -0.1) is 0 Å². The van der Waals surface area contributed by atoms with Crippen molar-refractivity contribution in [1.82, 2.24) is 4.90 Å². The Labute approximate surface area is 144 Å². The van der Waals surface area contributed by atoms with Crippen molar-refractivity contribution >= 4 is 11.9 Å². The SMILES string of the molecule is C/C=C/C(=O)OC[C@H](C)CN(C(=O)/C=C/C)[C@@H](C)c1ccccc1. The van der Waals surface area contributed by atoms with E-state index in [4.69, 9.17) is 4.74 Å². The summed E-state index contributed by atoms with van der Waals surface area (Å²) in [5.74, 6) is -0.355. The predicted octanol–water partition coefficient (Wildman–Crippen LogP) is 3.91. The Balaban J connectivity index is 2.79. The van der Waals surface area contributed by atoms with Crippen molar-refractivity contribution in [2.45, 2.75) is 33.7 Å². The Hall–Kier alpha value is -2.36. The molecule has 1 amide bonds. The minimum Gasteiger partial charge on any atom is -0.462 e. The van der Waals surface area contributed by atoms with Gasteiger partial charge in [0.1, 0.15) is 0 Å². The molecule has 0 saturated heterocycles. The quantitative estimate of drug-likeness (QED) is 0.537. The van der Waals surface area contributed by atoms with Crippen molar-refractivity contribution in [3.63, 3.8) is 0 Å². The van der Waals surface area contributed by atoms with Crippen LogP contribution in [0.4, 0.5) is 0 Å². The lowest BCUT2D eigenvalue weighted by Crippen LogP contribution is -2.37. The predicted molar refractivity (Wildman–Crippen MR) is 96.3 cm³/mol. The van der Waals surface area contributed by atoms with Crippen LogP contribution in [-0.4, -0.2) is 29.9 Å². The zero-order chi connectivity index (χ0) is 17.9. The van der Waals surface area contributed by atoms with Crippen molar-refractivity contribution in [1.29, 1.82) is 0 Å². The first-order valence-electron chi connectivity index (χ1n) is 8.27. The van der Waals surface area contributed by atoms with Gasteiger partial charge in [0.15, 0.2) is 0 Å². The molecule has 0 aliphatic heterocycles. The van der Waals surface area contributed by atoms with E-state index in [2.05, 4.69) is 0 Å². The lowest BCUT2D eigenvalue weighted by atomic mass is 10.0. The average molecular weight is 329 g/mol. The number of hydrogen-bond donors (Lipinski definition) is 0. The van der Waals surface area contributed by atoms with E-state index in [0.717, 1.165) is 5.56 Å². The molecule has 0 spiro atoms. The summed E-state index contributed by atoms with van der Waals surface area (Å²) in [4.78, 5) is 25.7.